The van der Waals surface area contributed by atoms with Crippen LogP contribution in [0.3, 0.4) is 0 Å². The zero-order valence-electron chi connectivity index (χ0n) is 45.3. The fourth-order valence-corrected chi connectivity index (χ4v) is 7.16. The van der Waals surface area contributed by atoms with Gasteiger partial charge >= 0.3 is 0 Å². The highest BCUT2D eigenvalue weighted by atomic mass is 15.0. The first-order chi connectivity index (χ1) is 33.2. The average molecular weight is 669 g/mol. The molecule has 3 nitrogen and oxygen atoms in total. The minimum Gasteiger partial charge on any atom is -0.309 e. The van der Waals surface area contributed by atoms with Gasteiger partial charge in [-0.1, -0.05) is 121 Å². The number of hydrogen-bond donors (Lipinski definition) is 0. The van der Waals surface area contributed by atoms with E-state index < -0.39 is 109 Å². The molecule has 3 heteroatoms. The second kappa shape index (κ2) is 10.8. The number of benzene rings is 8. The monoisotopic (exact) mass is 668 g/mol. The van der Waals surface area contributed by atoms with Crippen molar-refractivity contribution in [3.63, 3.8) is 0 Å². The van der Waals surface area contributed by atoms with Crippen LogP contribution in [0.15, 0.2) is 188 Å². The predicted octanol–water partition coefficient (Wildman–Crippen LogP) is 12.6. The van der Waals surface area contributed by atoms with E-state index >= 15 is 0 Å². The Morgan fingerprint density at radius 1 is 0.353 bits per heavy atom. The Balaban J connectivity index is 1.25. The summed E-state index contributed by atoms with van der Waals surface area (Å²) in [6.07, 6.45) is 0. The number of hydrogen-bond acceptors (Lipinski definition) is 0. The van der Waals surface area contributed by atoms with Crippen molar-refractivity contribution >= 4 is 65.4 Å². The minimum atomic E-state index is -0.631. The number of nitrogens with zero attached hydrogens (tertiary/aromatic N) is 3. The van der Waals surface area contributed by atoms with Crippen LogP contribution in [-0.4, -0.2) is 13.7 Å². The molecule has 0 amide bonds. The van der Waals surface area contributed by atoms with Gasteiger partial charge in [0.15, 0.2) is 0 Å². The van der Waals surface area contributed by atoms with Crippen molar-refractivity contribution in [1.29, 1.82) is 0 Å². The quantitative estimate of drug-likeness (QED) is 0.177. The molecule has 0 saturated heterocycles. The molecule has 0 aliphatic rings. The Labute approximate surface area is 321 Å². The Hall–Kier alpha value is -6.84. The van der Waals surface area contributed by atoms with Crippen molar-refractivity contribution in [2.75, 3.05) is 0 Å². The fraction of sp³-hybridized carbons (Fsp3) is 0. The van der Waals surface area contributed by atoms with Gasteiger partial charge in [0.2, 0.25) is 0 Å². The van der Waals surface area contributed by atoms with Gasteiger partial charge in [0.1, 0.15) is 0 Å². The van der Waals surface area contributed by atoms with Crippen molar-refractivity contribution in [3.05, 3.63) is 188 Å². The molecule has 0 unspecified atom stereocenters. The lowest BCUT2D eigenvalue weighted by molar-refractivity contribution is 1.16. The lowest BCUT2D eigenvalue weighted by Crippen LogP contribution is -1.99. The zero-order valence-corrected chi connectivity index (χ0v) is 26.3. The molecular formula is C48H31N3. The van der Waals surface area contributed by atoms with Gasteiger partial charge in [0, 0.05) is 49.3 Å². The first-order valence-corrected chi connectivity index (χ1v) is 16.0. The van der Waals surface area contributed by atoms with Crippen molar-refractivity contribution in [3.8, 4) is 28.2 Å². The SMILES string of the molecule is [2H]c1c([2H])c([2H])c2c(c1[2H])c1ccccc1n2-c1c([2H])c([2H])c2c(c1[2H])c1c([2H])c([2H])c([2H])c([2H])c1n2-c1ccccc1-c1cccc(-n2c3c([2H])c([2H])c([2H])c([2H])c3c3c([2H])c([2H])c([2H])c([2H])c32)c1. The van der Waals surface area contributed by atoms with Gasteiger partial charge in [-0.2, -0.15) is 0 Å². The topological polar surface area (TPSA) is 14.8 Å². The van der Waals surface area contributed by atoms with Crippen LogP contribution >= 0.6 is 0 Å². The van der Waals surface area contributed by atoms with E-state index in [0.29, 0.717) is 22.0 Å². The highest BCUT2D eigenvalue weighted by Gasteiger charge is 2.19. The predicted molar refractivity (Wildman–Crippen MR) is 215 cm³/mol. The summed E-state index contributed by atoms with van der Waals surface area (Å²) < 4.78 is 175. The van der Waals surface area contributed by atoms with E-state index in [0.717, 1.165) is 0 Å². The largest absolute Gasteiger partial charge is 0.309 e. The van der Waals surface area contributed by atoms with Crippen LogP contribution in [0.25, 0.3) is 93.6 Å². The number of rotatable bonds is 4. The summed E-state index contributed by atoms with van der Waals surface area (Å²) in [5.74, 6) is 0. The molecule has 0 radical (unpaired) electrons. The third-order valence-corrected chi connectivity index (χ3v) is 9.27. The second-order valence-electron chi connectivity index (χ2n) is 11.9. The molecule has 0 bridgehead atoms. The molecule has 11 rings (SSSR count). The van der Waals surface area contributed by atoms with E-state index in [1.54, 1.807) is 72.8 Å². The summed E-state index contributed by atoms with van der Waals surface area (Å²) in [7, 11) is 0. The Morgan fingerprint density at radius 3 is 1.59 bits per heavy atom. The zero-order chi connectivity index (χ0) is 50.0. The smallest absolute Gasteiger partial charge is 0.0652 e. The summed E-state index contributed by atoms with van der Waals surface area (Å²) >= 11 is 0. The third kappa shape index (κ3) is 4.06. The molecule has 51 heavy (non-hydrogen) atoms. The van der Waals surface area contributed by atoms with Crippen LogP contribution in [0.2, 0.25) is 0 Å². The Bertz CT molecular complexity index is 4170. The maximum Gasteiger partial charge on any atom is 0.0652 e. The third-order valence-electron chi connectivity index (χ3n) is 9.27. The van der Waals surface area contributed by atoms with Crippen molar-refractivity contribution < 1.29 is 26.0 Å². The highest BCUT2D eigenvalue weighted by Crippen LogP contribution is 2.40. The molecule has 3 aromatic heterocycles. The summed E-state index contributed by atoms with van der Waals surface area (Å²) in [5.41, 5.74) is 0.734. The van der Waals surface area contributed by atoms with Crippen LogP contribution in [0.5, 0.6) is 0 Å². The molecule has 0 spiro atoms. The van der Waals surface area contributed by atoms with E-state index in [1.807, 2.05) is 0 Å². The Morgan fingerprint density at radius 2 is 0.882 bits per heavy atom. The van der Waals surface area contributed by atoms with Crippen LogP contribution < -0.4 is 0 Å². The molecular weight excluding hydrogens is 619 g/mol. The van der Waals surface area contributed by atoms with Crippen LogP contribution in [0.1, 0.15) is 26.0 Å². The molecule has 0 aliphatic heterocycles. The van der Waals surface area contributed by atoms with Gasteiger partial charge in [0.25, 0.3) is 0 Å². The van der Waals surface area contributed by atoms with Gasteiger partial charge in [-0.05, 0) is 72.1 Å². The normalized spacial score (nSPS) is 17.1. The maximum atomic E-state index is 9.96. The molecule has 3 heterocycles. The first-order valence-electron chi connectivity index (χ1n) is 25.5. The lowest BCUT2D eigenvalue weighted by Gasteiger charge is -2.16. The standard InChI is InChI=1S/C48H31N3/c1-7-22-42(35(16-1)32-14-13-15-33(30-32)49-43-23-8-2-17-36(43)37-18-3-9-24-44(37)49)51-47-27-12-6-21-40(47)41-31-34(28-29-48(41)51)50-45-25-10-4-19-38(45)39-20-5-11-26-46(39)50/h1-31H/i2D,3D,4D,6D,8D,9D,10D,12D,17D,18D,19D,21D,23D,24D,25D,27D,28D,29D,31D. The van der Waals surface area contributed by atoms with Crippen molar-refractivity contribution in [2.45, 2.75) is 0 Å². The number of aromatic nitrogens is 3. The lowest BCUT2D eigenvalue weighted by atomic mass is 10.0. The van der Waals surface area contributed by atoms with Crippen LogP contribution in [0.4, 0.5) is 0 Å². The summed E-state index contributed by atoms with van der Waals surface area (Å²) in [6.45, 7) is 0. The van der Waals surface area contributed by atoms with E-state index in [2.05, 4.69) is 0 Å². The molecule has 0 aliphatic carbocycles. The van der Waals surface area contributed by atoms with E-state index in [1.165, 1.54) is 13.7 Å². The minimum absolute atomic E-state index is 0.0572. The van der Waals surface area contributed by atoms with Gasteiger partial charge in [-0.15, -0.1) is 0 Å². The second-order valence-corrected chi connectivity index (χ2v) is 11.9. The van der Waals surface area contributed by atoms with Crippen LogP contribution in [0, 0.1) is 0 Å². The molecule has 0 N–H and O–H groups in total. The summed E-state index contributed by atoms with van der Waals surface area (Å²) in [5, 5.41) is -0.00736. The summed E-state index contributed by atoms with van der Waals surface area (Å²) in [6, 6.07) is 9.76. The van der Waals surface area contributed by atoms with Gasteiger partial charge < -0.3 is 13.7 Å². The number of para-hydroxylation sites is 6. The Kier molecular flexibility index (Phi) is 3.26. The number of fused-ring (bicyclic) bond motifs is 9. The molecule has 11 aromatic rings. The fourth-order valence-electron chi connectivity index (χ4n) is 7.16. The van der Waals surface area contributed by atoms with Gasteiger partial charge in [0.05, 0.1) is 64.8 Å². The molecule has 238 valence electrons. The molecule has 8 aromatic carbocycles. The van der Waals surface area contributed by atoms with Gasteiger partial charge in [-0.3, -0.25) is 0 Å². The van der Waals surface area contributed by atoms with Crippen molar-refractivity contribution in [1.82, 2.24) is 13.7 Å². The summed E-state index contributed by atoms with van der Waals surface area (Å²) in [4.78, 5) is 0. The van der Waals surface area contributed by atoms with Crippen molar-refractivity contribution in [2.24, 2.45) is 0 Å². The maximum absolute atomic E-state index is 9.96. The average Bonchev–Trinajstić information content (AvgIpc) is 4.03. The van der Waals surface area contributed by atoms with E-state index in [-0.39, 0.29) is 77.6 Å². The van der Waals surface area contributed by atoms with E-state index in [9.17, 15) is 6.85 Å². The van der Waals surface area contributed by atoms with Gasteiger partial charge in [-0.25, -0.2) is 0 Å². The first kappa shape index (κ1) is 15.4. The molecule has 0 saturated carbocycles. The molecule has 0 fully saturated rings. The molecule has 0 atom stereocenters. The van der Waals surface area contributed by atoms with Crippen LogP contribution in [-0.2, 0) is 0 Å². The highest BCUT2D eigenvalue weighted by molar-refractivity contribution is 6.13. The van der Waals surface area contributed by atoms with E-state index in [4.69, 9.17) is 19.2 Å².